The summed E-state index contributed by atoms with van der Waals surface area (Å²) in [4.78, 5) is 11.5. The average Bonchev–Trinajstić information content (AvgIpc) is 2.89. The first-order valence-corrected chi connectivity index (χ1v) is 13.0. The molecular formula is C26H32N4OP+. The van der Waals surface area contributed by atoms with Crippen LogP contribution in [0.4, 0.5) is 5.69 Å². The van der Waals surface area contributed by atoms with Crippen LogP contribution in [0.25, 0.3) is 6.08 Å². The molecule has 0 radical (unpaired) electrons. The highest BCUT2D eigenvalue weighted by Crippen LogP contribution is 2.22. The Kier molecular flexibility index (Phi) is 8.76. The number of aromatic nitrogens is 2. The van der Waals surface area contributed by atoms with Gasteiger partial charge < -0.3 is 10.8 Å². The molecule has 5 nitrogen and oxygen atoms in total. The van der Waals surface area contributed by atoms with Gasteiger partial charge in [0.2, 0.25) is 0 Å². The molecule has 3 rings (SSSR count). The van der Waals surface area contributed by atoms with Crippen LogP contribution in [0.15, 0.2) is 48.6 Å². The standard InChI is InChI=1S/C26H32N4OP/c1-4-5-15-30(26(31)19-32(2)3)18-25-28-23-14-11-21(16-24(17-23)29-25)8-6-7-20-9-12-22(27)13-10-20/h4,9-10,12-13,16-17,26,31H,1-2,5,8,11,14-15,18-19,27H2,3H3/q+1. The van der Waals surface area contributed by atoms with Crippen molar-refractivity contribution >= 4 is 25.6 Å². The van der Waals surface area contributed by atoms with Gasteiger partial charge in [0.05, 0.1) is 32.7 Å². The molecule has 1 aliphatic carbocycles. The smallest absolute Gasteiger partial charge is 0.148 e. The second-order valence-electron chi connectivity index (χ2n) is 8.17. The van der Waals surface area contributed by atoms with Crippen molar-refractivity contribution in [2.75, 3.05) is 25.1 Å². The molecule has 0 fully saturated rings. The van der Waals surface area contributed by atoms with Crippen LogP contribution < -0.4 is 5.73 Å². The van der Waals surface area contributed by atoms with Crippen molar-refractivity contribution in [2.45, 2.75) is 38.5 Å². The highest BCUT2D eigenvalue weighted by Gasteiger charge is 2.21. The maximum Gasteiger partial charge on any atom is 0.148 e. The first kappa shape index (κ1) is 23.9. The topological polar surface area (TPSA) is 75.3 Å². The molecule has 0 spiro atoms. The minimum absolute atomic E-state index is 0.438. The summed E-state index contributed by atoms with van der Waals surface area (Å²) in [5.74, 6) is 7.22. The molecule has 32 heavy (non-hydrogen) atoms. The van der Waals surface area contributed by atoms with Gasteiger partial charge in [-0.3, -0.25) is 4.90 Å². The maximum atomic E-state index is 10.7. The van der Waals surface area contributed by atoms with E-state index in [-0.39, 0.29) is 0 Å². The van der Waals surface area contributed by atoms with Crippen LogP contribution in [0, 0.1) is 11.8 Å². The van der Waals surface area contributed by atoms with Crippen molar-refractivity contribution in [1.82, 2.24) is 14.9 Å². The number of benzene rings is 1. The van der Waals surface area contributed by atoms with Gasteiger partial charge in [-0.25, -0.2) is 9.97 Å². The van der Waals surface area contributed by atoms with E-state index in [9.17, 15) is 5.11 Å². The zero-order chi connectivity index (χ0) is 22.9. The van der Waals surface area contributed by atoms with Gasteiger partial charge >= 0.3 is 0 Å². The Morgan fingerprint density at radius 3 is 2.78 bits per heavy atom. The molecule has 2 bridgehead atoms. The number of rotatable bonds is 9. The number of allylic oxidation sites excluding steroid dienone is 1. The molecule has 166 valence electrons. The molecule has 1 aliphatic rings. The minimum Gasteiger partial charge on any atom is -0.399 e. The van der Waals surface area contributed by atoms with Gasteiger partial charge in [0.25, 0.3) is 0 Å². The van der Waals surface area contributed by atoms with Crippen molar-refractivity contribution in [3.8, 4) is 11.8 Å². The van der Waals surface area contributed by atoms with Gasteiger partial charge in [-0.15, -0.1) is 6.58 Å². The summed E-state index contributed by atoms with van der Waals surface area (Å²) in [6.07, 6.45) is 11.5. The summed E-state index contributed by atoms with van der Waals surface area (Å²) in [5.41, 5.74) is 10.7. The van der Waals surface area contributed by atoms with E-state index in [1.165, 1.54) is 5.57 Å². The van der Waals surface area contributed by atoms with Crippen LogP contribution in [-0.2, 0) is 13.0 Å². The third kappa shape index (κ3) is 7.43. The Hall–Kier alpha value is -2.77. The number of anilines is 1. The number of aryl methyl sites for hydroxylation is 1. The predicted octanol–water partition coefficient (Wildman–Crippen LogP) is 4.07. The molecule has 2 atom stereocenters. The Balaban J connectivity index is 1.72. The second-order valence-corrected chi connectivity index (χ2v) is 10.2. The number of aliphatic hydroxyl groups is 1. The number of nitrogens with two attached hydrogens (primary N) is 1. The third-order valence-corrected chi connectivity index (χ3v) is 6.17. The lowest BCUT2D eigenvalue weighted by atomic mass is 10.1. The van der Waals surface area contributed by atoms with Crippen molar-refractivity contribution in [2.24, 2.45) is 0 Å². The van der Waals surface area contributed by atoms with E-state index in [0.29, 0.717) is 19.1 Å². The van der Waals surface area contributed by atoms with Gasteiger partial charge in [-0.1, -0.05) is 23.5 Å². The fourth-order valence-corrected chi connectivity index (χ4v) is 4.34. The first-order valence-electron chi connectivity index (χ1n) is 10.9. The van der Waals surface area contributed by atoms with Crippen LogP contribution in [0.2, 0.25) is 0 Å². The Morgan fingerprint density at radius 2 is 2.06 bits per heavy atom. The number of nitrogens with zero attached hydrogens (tertiary/aromatic N) is 3. The van der Waals surface area contributed by atoms with Gasteiger partial charge in [-0.05, 0) is 55.7 Å². The Bertz CT molecular complexity index is 1050. The molecule has 1 aromatic heterocycles. The number of fused-ring (bicyclic) bond motifs is 2. The number of hydrogen-bond acceptors (Lipinski definition) is 5. The lowest BCUT2D eigenvalue weighted by Crippen LogP contribution is -2.37. The van der Waals surface area contributed by atoms with E-state index < -0.39 is 13.8 Å². The summed E-state index contributed by atoms with van der Waals surface area (Å²) < 4.78 is 0. The summed E-state index contributed by atoms with van der Waals surface area (Å²) in [6.45, 7) is 7.11. The van der Waals surface area contributed by atoms with E-state index in [2.05, 4.69) is 43.5 Å². The lowest BCUT2D eigenvalue weighted by Gasteiger charge is -2.25. The van der Waals surface area contributed by atoms with Crippen LogP contribution in [-0.4, -0.2) is 51.9 Å². The molecule has 0 aliphatic heterocycles. The highest BCUT2D eigenvalue weighted by atomic mass is 31.1. The van der Waals surface area contributed by atoms with Gasteiger partial charge in [0, 0.05) is 29.9 Å². The van der Waals surface area contributed by atoms with E-state index in [0.717, 1.165) is 54.3 Å². The van der Waals surface area contributed by atoms with E-state index >= 15 is 0 Å². The zero-order valence-corrected chi connectivity index (χ0v) is 19.7. The van der Waals surface area contributed by atoms with Crippen LogP contribution in [0.3, 0.4) is 0 Å². The summed E-state index contributed by atoms with van der Waals surface area (Å²) in [6, 6.07) is 9.66. The fourth-order valence-electron chi connectivity index (χ4n) is 3.55. The van der Waals surface area contributed by atoms with Crippen LogP contribution >= 0.6 is 7.55 Å². The first-order chi connectivity index (χ1) is 15.4. The SMILES string of the molecule is C=CCCN(Cc1nc2cc(n1)CCC(CC#Cc1ccc(N)cc1)=C2)C(O)C[P+](=C)C. The van der Waals surface area contributed by atoms with Crippen molar-refractivity contribution in [3.63, 3.8) is 0 Å². The molecule has 0 saturated carbocycles. The van der Waals surface area contributed by atoms with Crippen molar-refractivity contribution in [3.05, 3.63) is 71.3 Å². The molecule has 1 aromatic carbocycles. The monoisotopic (exact) mass is 447 g/mol. The van der Waals surface area contributed by atoms with Crippen LogP contribution in [0.5, 0.6) is 0 Å². The van der Waals surface area contributed by atoms with Gasteiger partial charge in [0.15, 0.2) is 0 Å². The molecule has 0 amide bonds. The molecular weight excluding hydrogens is 415 g/mol. The number of nitrogen functional groups attached to an aromatic ring is 1. The molecule has 6 heteroatoms. The zero-order valence-electron chi connectivity index (χ0n) is 18.8. The summed E-state index contributed by atoms with van der Waals surface area (Å²) >= 11 is 0. The molecule has 3 N–H and O–H groups in total. The third-order valence-electron chi connectivity index (χ3n) is 5.22. The number of hydrogen-bond donors (Lipinski definition) is 2. The van der Waals surface area contributed by atoms with Crippen molar-refractivity contribution in [1.29, 1.82) is 0 Å². The fraction of sp³-hybridized carbons (Fsp3) is 0.346. The number of aliphatic hydroxyl groups excluding tert-OH is 1. The van der Waals surface area contributed by atoms with E-state index in [4.69, 9.17) is 15.7 Å². The highest BCUT2D eigenvalue weighted by molar-refractivity contribution is 7.55. The normalized spacial score (nSPS) is 14.1. The van der Waals surface area contributed by atoms with Crippen LogP contribution in [0.1, 0.15) is 42.0 Å². The molecule has 0 saturated heterocycles. The largest absolute Gasteiger partial charge is 0.399 e. The van der Waals surface area contributed by atoms with E-state index in [1.54, 1.807) is 0 Å². The average molecular weight is 448 g/mol. The van der Waals surface area contributed by atoms with Crippen molar-refractivity contribution < 1.29 is 5.11 Å². The van der Waals surface area contributed by atoms with Gasteiger partial charge in [0.1, 0.15) is 18.2 Å². The minimum atomic E-state index is -0.542. The molecule has 2 aromatic rings. The predicted molar refractivity (Wildman–Crippen MR) is 137 cm³/mol. The quantitative estimate of drug-likeness (QED) is 0.199. The van der Waals surface area contributed by atoms with E-state index in [1.807, 2.05) is 35.2 Å². The summed E-state index contributed by atoms with van der Waals surface area (Å²) in [5, 5.41) is 10.7. The summed E-state index contributed by atoms with van der Waals surface area (Å²) in [7, 11) is -0.438. The maximum absolute atomic E-state index is 10.7. The van der Waals surface area contributed by atoms with Gasteiger partial charge in [-0.2, -0.15) is 0 Å². The Labute approximate surface area is 192 Å². The molecule has 1 heterocycles. The Morgan fingerprint density at radius 1 is 1.28 bits per heavy atom. The second kappa shape index (κ2) is 11.7. The molecule has 2 unspecified atom stereocenters. The lowest BCUT2D eigenvalue weighted by molar-refractivity contribution is 0.0154.